The summed E-state index contributed by atoms with van der Waals surface area (Å²) in [5.74, 6) is 0. The molecule has 0 unspecified atom stereocenters. The summed E-state index contributed by atoms with van der Waals surface area (Å²) in [5.41, 5.74) is -0.359. The normalized spacial score (nSPS) is 10.8. The highest BCUT2D eigenvalue weighted by molar-refractivity contribution is 7.99. The highest BCUT2D eigenvalue weighted by Gasteiger charge is 2.03. The van der Waals surface area contributed by atoms with Gasteiger partial charge in [0.2, 0.25) is 0 Å². The van der Waals surface area contributed by atoms with Crippen LogP contribution in [0.5, 0.6) is 0 Å². The molecule has 4 nitrogen and oxygen atoms in total. The lowest BCUT2D eigenvalue weighted by molar-refractivity contribution is 1.08. The van der Waals surface area contributed by atoms with Gasteiger partial charge < -0.3 is 4.98 Å². The number of benzene rings is 2. The Labute approximate surface area is 122 Å². The van der Waals surface area contributed by atoms with E-state index >= 15 is 0 Å². The average Bonchev–Trinajstić information content (AvgIpc) is 2.42. The topological polar surface area (TPSA) is 65.7 Å². The fourth-order valence-corrected chi connectivity index (χ4v) is 2.83. The number of aromatic amines is 2. The van der Waals surface area contributed by atoms with Gasteiger partial charge in [0, 0.05) is 14.8 Å². The Kier molecular flexibility index (Phi) is 3.38. The summed E-state index contributed by atoms with van der Waals surface area (Å²) < 4.78 is 0. The first-order valence-corrected chi connectivity index (χ1v) is 7.01. The minimum absolute atomic E-state index is 0.387. The van der Waals surface area contributed by atoms with E-state index in [0.29, 0.717) is 15.9 Å². The first kappa shape index (κ1) is 13.0. The molecule has 0 fully saturated rings. The molecule has 0 saturated heterocycles. The number of fused-ring (bicyclic) bond motifs is 1. The molecule has 0 saturated carbocycles. The van der Waals surface area contributed by atoms with Crippen molar-refractivity contribution in [3.63, 3.8) is 0 Å². The molecule has 0 aliphatic carbocycles. The second kappa shape index (κ2) is 5.19. The van der Waals surface area contributed by atoms with Crippen LogP contribution < -0.4 is 11.2 Å². The molecule has 6 heteroatoms. The first-order valence-electron chi connectivity index (χ1n) is 5.81. The van der Waals surface area contributed by atoms with E-state index < -0.39 is 5.69 Å². The molecule has 0 bridgehead atoms. The first-order chi connectivity index (χ1) is 9.61. The molecule has 3 rings (SSSR count). The Hall–Kier alpha value is -1.98. The monoisotopic (exact) mass is 304 g/mol. The molecule has 1 heterocycles. The third kappa shape index (κ3) is 2.64. The zero-order valence-corrected chi connectivity index (χ0v) is 11.7. The summed E-state index contributed by atoms with van der Waals surface area (Å²) >= 11 is 7.36. The number of H-pyrrole nitrogens is 2. The van der Waals surface area contributed by atoms with Gasteiger partial charge in [-0.1, -0.05) is 23.4 Å². The number of aromatic nitrogens is 2. The molecule has 2 N–H and O–H groups in total. The molecule has 0 atom stereocenters. The van der Waals surface area contributed by atoms with Gasteiger partial charge in [-0.2, -0.15) is 0 Å². The van der Waals surface area contributed by atoms with Gasteiger partial charge >= 0.3 is 5.69 Å². The second-order valence-electron chi connectivity index (χ2n) is 4.17. The van der Waals surface area contributed by atoms with Crippen LogP contribution in [-0.2, 0) is 0 Å². The van der Waals surface area contributed by atoms with Crippen molar-refractivity contribution in [2.45, 2.75) is 9.79 Å². The van der Waals surface area contributed by atoms with Crippen LogP contribution in [0, 0.1) is 0 Å². The van der Waals surface area contributed by atoms with Crippen molar-refractivity contribution in [3.05, 3.63) is 68.3 Å². The summed E-state index contributed by atoms with van der Waals surface area (Å²) in [6.07, 6.45) is 0. The lowest BCUT2D eigenvalue weighted by Crippen LogP contribution is -2.21. The van der Waals surface area contributed by atoms with E-state index in [1.165, 1.54) is 11.8 Å². The van der Waals surface area contributed by atoms with Gasteiger partial charge in [0.15, 0.2) is 0 Å². The summed E-state index contributed by atoms with van der Waals surface area (Å²) in [6, 6.07) is 12.8. The smallest absolute Gasteiger partial charge is 0.307 e. The van der Waals surface area contributed by atoms with Crippen molar-refractivity contribution in [2.24, 2.45) is 0 Å². The maximum atomic E-state index is 11.7. The number of hydrogen-bond donors (Lipinski definition) is 2. The highest BCUT2D eigenvalue weighted by Crippen LogP contribution is 2.29. The van der Waals surface area contributed by atoms with Gasteiger partial charge in [0.05, 0.1) is 10.9 Å². The zero-order valence-electron chi connectivity index (χ0n) is 10.1. The average molecular weight is 305 g/mol. The third-order valence-corrected chi connectivity index (χ3v) is 4.01. The van der Waals surface area contributed by atoms with Crippen LogP contribution in [0.2, 0.25) is 5.02 Å². The quantitative estimate of drug-likeness (QED) is 0.765. The molecule has 3 aromatic rings. The Morgan fingerprint density at radius 1 is 0.900 bits per heavy atom. The maximum Gasteiger partial charge on any atom is 0.326 e. The summed E-state index contributed by atoms with van der Waals surface area (Å²) in [4.78, 5) is 29.7. The van der Waals surface area contributed by atoms with E-state index in [1.54, 1.807) is 12.1 Å². The predicted octanol–water partition coefficient (Wildman–Crippen LogP) is 3.02. The van der Waals surface area contributed by atoms with Gasteiger partial charge in [-0.25, -0.2) is 4.79 Å². The highest BCUT2D eigenvalue weighted by atomic mass is 35.5. The van der Waals surface area contributed by atoms with Crippen LogP contribution in [0.4, 0.5) is 0 Å². The number of halogens is 1. The Balaban J connectivity index is 2.03. The second-order valence-corrected chi connectivity index (χ2v) is 5.75. The molecule has 0 radical (unpaired) electrons. The van der Waals surface area contributed by atoms with Gasteiger partial charge in [-0.15, -0.1) is 0 Å². The van der Waals surface area contributed by atoms with Crippen molar-refractivity contribution in [1.29, 1.82) is 0 Å². The van der Waals surface area contributed by atoms with Crippen molar-refractivity contribution in [1.82, 2.24) is 9.97 Å². The number of hydrogen-bond acceptors (Lipinski definition) is 3. The molecule has 100 valence electrons. The Morgan fingerprint density at radius 2 is 1.60 bits per heavy atom. The SMILES string of the molecule is O=c1[nH]c(=O)c2cc(Sc3ccc(Cl)cc3)ccc2[nH]1. The molecule has 2 aromatic carbocycles. The van der Waals surface area contributed by atoms with Crippen molar-refractivity contribution in [3.8, 4) is 0 Å². The lowest BCUT2D eigenvalue weighted by Gasteiger charge is -2.03. The van der Waals surface area contributed by atoms with Gasteiger partial charge in [0.25, 0.3) is 5.56 Å². The van der Waals surface area contributed by atoms with Gasteiger partial charge in [-0.05, 0) is 42.5 Å². The lowest BCUT2D eigenvalue weighted by atomic mass is 10.2. The molecular formula is C14H9ClN2O2S. The summed E-state index contributed by atoms with van der Waals surface area (Å²) in [5, 5.41) is 1.14. The molecule has 0 aliphatic rings. The Morgan fingerprint density at radius 3 is 2.35 bits per heavy atom. The van der Waals surface area contributed by atoms with Crippen LogP contribution in [0.15, 0.2) is 61.8 Å². The fourth-order valence-electron chi connectivity index (χ4n) is 1.85. The number of nitrogens with one attached hydrogen (secondary N) is 2. The Bertz CT molecular complexity index is 884. The minimum Gasteiger partial charge on any atom is -0.307 e. The number of rotatable bonds is 2. The van der Waals surface area contributed by atoms with E-state index in [1.807, 2.05) is 30.3 Å². The predicted molar refractivity (Wildman–Crippen MR) is 80.8 cm³/mol. The van der Waals surface area contributed by atoms with Crippen molar-refractivity contribution >= 4 is 34.3 Å². The summed E-state index contributed by atoms with van der Waals surface area (Å²) in [7, 11) is 0. The van der Waals surface area contributed by atoms with Crippen LogP contribution >= 0.6 is 23.4 Å². The molecule has 0 amide bonds. The van der Waals surface area contributed by atoms with Gasteiger partial charge in [0.1, 0.15) is 0 Å². The van der Waals surface area contributed by atoms with E-state index in [2.05, 4.69) is 9.97 Å². The molecular weight excluding hydrogens is 296 g/mol. The van der Waals surface area contributed by atoms with Crippen LogP contribution in [0.1, 0.15) is 0 Å². The fraction of sp³-hybridized carbons (Fsp3) is 0. The minimum atomic E-state index is -0.499. The van der Waals surface area contributed by atoms with E-state index in [-0.39, 0.29) is 5.56 Å². The van der Waals surface area contributed by atoms with Crippen LogP contribution in [-0.4, -0.2) is 9.97 Å². The van der Waals surface area contributed by atoms with Crippen LogP contribution in [0.25, 0.3) is 10.9 Å². The van der Waals surface area contributed by atoms with E-state index in [9.17, 15) is 9.59 Å². The zero-order chi connectivity index (χ0) is 14.1. The van der Waals surface area contributed by atoms with E-state index in [4.69, 9.17) is 11.6 Å². The standard InChI is InChI=1S/C14H9ClN2O2S/c15-8-1-3-9(4-2-8)20-10-5-6-12-11(7-10)13(18)17-14(19)16-12/h1-7H,(H2,16,17,18,19). The maximum absolute atomic E-state index is 11.7. The third-order valence-electron chi connectivity index (χ3n) is 2.76. The summed E-state index contributed by atoms with van der Waals surface area (Å²) in [6.45, 7) is 0. The molecule has 1 aromatic heterocycles. The molecule has 0 aliphatic heterocycles. The van der Waals surface area contributed by atoms with Crippen molar-refractivity contribution in [2.75, 3.05) is 0 Å². The van der Waals surface area contributed by atoms with Crippen LogP contribution in [0.3, 0.4) is 0 Å². The molecule has 20 heavy (non-hydrogen) atoms. The largest absolute Gasteiger partial charge is 0.326 e. The van der Waals surface area contributed by atoms with E-state index in [0.717, 1.165) is 9.79 Å². The van der Waals surface area contributed by atoms with Gasteiger partial charge in [-0.3, -0.25) is 9.78 Å². The van der Waals surface area contributed by atoms with Crippen molar-refractivity contribution < 1.29 is 0 Å². The molecule has 0 spiro atoms.